The van der Waals surface area contributed by atoms with Gasteiger partial charge in [-0.3, -0.25) is 24.0 Å². The predicted octanol–water partition coefficient (Wildman–Crippen LogP) is 0.878. The fraction of sp³-hybridized carbons (Fsp3) is 0.560. The van der Waals surface area contributed by atoms with Gasteiger partial charge in [0.05, 0.1) is 17.6 Å². The number of ketones is 4. The molecule has 0 saturated heterocycles. The Morgan fingerprint density at radius 3 is 2.29 bits per heavy atom. The van der Waals surface area contributed by atoms with Gasteiger partial charge in [0.25, 0.3) is 0 Å². The standard InChI is InChI=1S/C25H29NO8S/c1-8-13-12(35-5)7-9(24(2,3)4)18(28)16(13)20(30)17-14(8)19(29)10-6-11(27)15(23(26)33)21(31)25(10,34)22(17)32/h7-8,10,14-15,17,19,28-29,34H,6H2,1-5H3,(H2,26,33)/t8-,10+,14+,15?,17?,19+,25+/m0/s1. The number of hydrogen-bond acceptors (Lipinski definition) is 9. The Balaban J connectivity index is 1.96. The third kappa shape index (κ3) is 3.26. The number of Topliss-reactive ketones (excluding diaryl/α,β-unsaturated/α-hetero) is 4. The van der Waals surface area contributed by atoms with Crippen LogP contribution in [0.2, 0.25) is 0 Å². The smallest absolute Gasteiger partial charge is 0.235 e. The Kier molecular flexibility index (Phi) is 5.82. The number of nitrogens with two attached hydrogens (primary N) is 1. The lowest BCUT2D eigenvalue weighted by Crippen LogP contribution is -2.72. The number of aromatic hydroxyl groups is 1. The molecule has 5 N–H and O–H groups in total. The molecule has 10 heteroatoms. The molecule has 7 atom stereocenters. The highest BCUT2D eigenvalue weighted by Crippen LogP contribution is 2.56. The number of amides is 1. The minimum absolute atomic E-state index is 0.0658. The molecule has 2 saturated carbocycles. The first kappa shape index (κ1) is 25.5. The van der Waals surface area contributed by atoms with Crippen LogP contribution < -0.4 is 5.73 Å². The first-order valence-corrected chi connectivity index (χ1v) is 12.6. The summed E-state index contributed by atoms with van der Waals surface area (Å²) in [5.74, 6) is -12.7. The Labute approximate surface area is 206 Å². The first-order chi connectivity index (χ1) is 16.1. The number of carbonyl (C=O) groups excluding carboxylic acids is 5. The number of hydrogen-bond donors (Lipinski definition) is 4. The molecule has 188 valence electrons. The van der Waals surface area contributed by atoms with Gasteiger partial charge in [0.2, 0.25) is 5.91 Å². The number of phenols is 1. The summed E-state index contributed by atoms with van der Waals surface area (Å²) in [7, 11) is 0. The molecule has 3 aliphatic carbocycles. The van der Waals surface area contributed by atoms with E-state index < -0.39 is 82.2 Å². The molecule has 35 heavy (non-hydrogen) atoms. The average molecular weight is 504 g/mol. The van der Waals surface area contributed by atoms with Crippen LogP contribution in [-0.4, -0.2) is 62.3 Å². The van der Waals surface area contributed by atoms with E-state index in [1.807, 2.05) is 27.0 Å². The monoisotopic (exact) mass is 503 g/mol. The number of benzene rings is 1. The number of fused-ring (bicyclic) bond motifs is 3. The van der Waals surface area contributed by atoms with Crippen molar-refractivity contribution in [3.05, 3.63) is 22.8 Å². The van der Waals surface area contributed by atoms with Crippen LogP contribution in [0.3, 0.4) is 0 Å². The quantitative estimate of drug-likeness (QED) is 0.337. The van der Waals surface area contributed by atoms with Crippen molar-refractivity contribution in [2.45, 2.75) is 62.0 Å². The summed E-state index contributed by atoms with van der Waals surface area (Å²) >= 11 is 1.36. The Bertz CT molecular complexity index is 1200. The molecule has 3 aliphatic rings. The van der Waals surface area contributed by atoms with Gasteiger partial charge in [-0.05, 0) is 29.2 Å². The summed E-state index contributed by atoms with van der Waals surface area (Å²) in [6.07, 6.45) is -0.370. The Morgan fingerprint density at radius 1 is 1.17 bits per heavy atom. The third-order valence-electron chi connectivity index (χ3n) is 7.94. The van der Waals surface area contributed by atoms with Crippen molar-refractivity contribution < 1.29 is 39.3 Å². The van der Waals surface area contributed by atoms with Crippen molar-refractivity contribution in [1.29, 1.82) is 0 Å². The molecule has 2 fully saturated rings. The summed E-state index contributed by atoms with van der Waals surface area (Å²) in [5, 5.41) is 33.8. The number of rotatable bonds is 2. The second-order valence-electron chi connectivity index (χ2n) is 10.8. The van der Waals surface area contributed by atoms with Crippen LogP contribution in [0.5, 0.6) is 5.75 Å². The molecule has 0 aromatic heterocycles. The zero-order valence-electron chi connectivity index (χ0n) is 20.1. The van der Waals surface area contributed by atoms with Gasteiger partial charge in [-0.15, -0.1) is 11.8 Å². The molecule has 2 unspecified atom stereocenters. The minimum Gasteiger partial charge on any atom is -0.507 e. The van der Waals surface area contributed by atoms with Gasteiger partial charge >= 0.3 is 0 Å². The molecule has 4 rings (SSSR count). The number of thioether (sulfide) groups is 1. The lowest BCUT2D eigenvalue weighted by atomic mass is 9.50. The highest BCUT2D eigenvalue weighted by Gasteiger charge is 2.70. The van der Waals surface area contributed by atoms with E-state index in [2.05, 4.69) is 0 Å². The zero-order valence-corrected chi connectivity index (χ0v) is 20.9. The van der Waals surface area contributed by atoms with E-state index in [1.54, 1.807) is 13.0 Å². The number of phenolic OH excluding ortho intramolecular Hbond substituents is 1. The molecule has 0 aliphatic heterocycles. The van der Waals surface area contributed by atoms with Crippen LogP contribution >= 0.6 is 11.8 Å². The summed E-state index contributed by atoms with van der Waals surface area (Å²) in [6.45, 7) is 7.30. The molecule has 9 nitrogen and oxygen atoms in total. The fourth-order valence-corrected chi connectivity index (χ4v) is 6.94. The van der Waals surface area contributed by atoms with Crippen LogP contribution in [0.4, 0.5) is 0 Å². The Hall–Kier alpha value is -2.56. The van der Waals surface area contributed by atoms with Crippen molar-refractivity contribution in [3.63, 3.8) is 0 Å². The normalized spacial score (nSPS) is 34.8. The maximum absolute atomic E-state index is 13.8. The number of aliphatic hydroxyl groups is 2. The summed E-state index contributed by atoms with van der Waals surface area (Å²) in [6, 6.07) is 1.79. The van der Waals surface area contributed by atoms with Crippen molar-refractivity contribution >= 4 is 40.8 Å². The van der Waals surface area contributed by atoms with E-state index in [0.29, 0.717) is 16.0 Å². The second-order valence-corrected chi connectivity index (χ2v) is 11.7. The second kappa shape index (κ2) is 7.97. The highest BCUT2D eigenvalue weighted by atomic mass is 32.2. The maximum atomic E-state index is 13.8. The lowest BCUT2D eigenvalue weighted by Gasteiger charge is -2.53. The van der Waals surface area contributed by atoms with E-state index in [1.165, 1.54) is 11.8 Å². The van der Waals surface area contributed by atoms with E-state index in [9.17, 15) is 39.3 Å². The van der Waals surface area contributed by atoms with Gasteiger partial charge in [0.1, 0.15) is 5.75 Å². The molecular weight excluding hydrogens is 474 g/mol. The van der Waals surface area contributed by atoms with Crippen molar-refractivity contribution in [1.82, 2.24) is 0 Å². The number of aliphatic hydroxyl groups excluding tert-OH is 1. The molecule has 0 spiro atoms. The van der Waals surface area contributed by atoms with Gasteiger partial charge in [-0.1, -0.05) is 27.7 Å². The van der Waals surface area contributed by atoms with Gasteiger partial charge in [0, 0.05) is 28.7 Å². The van der Waals surface area contributed by atoms with Crippen molar-refractivity contribution in [3.8, 4) is 5.75 Å². The summed E-state index contributed by atoms with van der Waals surface area (Å²) < 4.78 is 0. The average Bonchev–Trinajstić information content (AvgIpc) is 2.75. The van der Waals surface area contributed by atoms with E-state index in [0.717, 1.165) is 0 Å². The van der Waals surface area contributed by atoms with Crippen LogP contribution in [0.25, 0.3) is 0 Å². The molecular formula is C25H29NO8S. The maximum Gasteiger partial charge on any atom is 0.235 e. The van der Waals surface area contributed by atoms with Crippen LogP contribution in [0.15, 0.2) is 11.0 Å². The molecule has 0 radical (unpaired) electrons. The molecule has 1 aromatic rings. The van der Waals surface area contributed by atoms with Crippen LogP contribution in [-0.2, 0) is 24.6 Å². The third-order valence-corrected chi connectivity index (χ3v) is 8.72. The van der Waals surface area contributed by atoms with Gasteiger partial charge in [-0.2, -0.15) is 0 Å². The zero-order chi connectivity index (χ0) is 26.4. The molecule has 0 heterocycles. The first-order valence-electron chi connectivity index (χ1n) is 11.4. The van der Waals surface area contributed by atoms with Crippen LogP contribution in [0.1, 0.15) is 61.5 Å². The van der Waals surface area contributed by atoms with E-state index in [-0.39, 0.29) is 11.3 Å². The van der Waals surface area contributed by atoms with Crippen molar-refractivity contribution in [2.75, 3.05) is 6.26 Å². The van der Waals surface area contributed by atoms with E-state index in [4.69, 9.17) is 5.73 Å². The van der Waals surface area contributed by atoms with E-state index >= 15 is 0 Å². The number of carbonyl (C=O) groups is 5. The predicted molar refractivity (Wildman–Crippen MR) is 125 cm³/mol. The molecule has 1 aromatic carbocycles. The number of primary amides is 1. The molecule has 1 amide bonds. The van der Waals surface area contributed by atoms with Gasteiger partial charge in [-0.25, -0.2) is 0 Å². The fourth-order valence-electron chi connectivity index (χ4n) is 6.20. The largest absolute Gasteiger partial charge is 0.507 e. The topological polar surface area (TPSA) is 172 Å². The SMILES string of the molecule is CSc1cc(C(C)(C)C)c(O)c2c1[C@H](C)[C@@H]1C(C2=O)C(=O)[C@]2(O)C(=O)C(C(N)=O)C(=O)C[C@@H]2[C@H]1O. The Morgan fingerprint density at radius 2 is 1.77 bits per heavy atom. The van der Waals surface area contributed by atoms with Crippen LogP contribution in [0, 0.1) is 23.7 Å². The summed E-state index contributed by atoms with van der Waals surface area (Å²) in [5.41, 5.74) is 2.64. The highest BCUT2D eigenvalue weighted by molar-refractivity contribution is 7.98. The van der Waals surface area contributed by atoms with Gasteiger partial charge < -0.3 is 21.1 Å². The summed E-state index contributed by atoms with van der Waals surface area (Å²) in [4.78, 5) is 65.6. The molecule has 0 bridgehead atoms. The van der Waals surface area contributed by atoms with Gasteiger partial charge in [0.15, 0.2) is 34.7 Å². The lowest BCUT2D eigenvalue weighted by molar-refractivity contribution is -0.189. The minimum atomic E-state index is -2.92. The van der Waals surface area contributed by atoms with Crippen molar-refractivity contribution in [2.24, 2.45) is 29.4 Å².